The fourth-order valence-corrected chi connectivity index (χ4v) is 3.54. The summed E-state index contributed by atoms with van der Waals surface area (Å²) in [6.07, 6.45) is 0.748. The highest BCUT2D eigenvalue weighted by Crippen LogP contribution is 2.26. The van der Waals surface area contributed by atoms with Crippen LogP contribution < -0.4 is 10.6 Å². The van der Waals surface area contributed by atoms with E-state index >= 15 is 0 Å². The predicted octanol–water partition coefficient (Wildman–Crippen LogP) is 4.30. The zero-order valence-electron chi connectivity index (χ0n) is 16.7. The number of amides is 2. The van der Waals surface area contributed by atoms with Gasteiger partial charge in [-0.2, -0.15) is 0 Å². The van der Waals surface area contributed by atoms with Crippen molar-refractivity contribution in [3.8, 4) is 10.6 Å². The molecule has 2 atom stereocenters. The van der Waals surface area contributed by atoms with E-state index < -0.39 is 6.04 Å². The zero-order valence-corrected chi connectivity index (χ0v) is 17.5. The van der Waals surface area contributed by atoms with Gasteiger partial charge in [0.1, 0.15) is 11.0 Å². The van der Waals surface area contributed by atoms with Gasteiger partial charge >= 0.3 is 0 Å². The van der Waals surface area contributed by atoms with E-state index in [0.29, 0.717) is 10.7 Å². The third-order valence-corrected chi connectivity index (χ3v) is 5.66. The fraction of sp³-hybridized carbons (Fsp3) is 0.273. The minimum absolute atomic E-state index is 0.0362. The Hall–Kier alpha value is -3.06. The topological polar surface area (TPSA) is 84.0 Å². The van der Waals surface area contributed by atoms with Crippen LogP contribution in [0, 0.1) is 12.8 Å². The Balaban J connectivity index is 1.72. The second kappa shape index (κ2) is 9.43. The van der Waals surface area contributed by atoms with Crippen LogP contribution in [0.4, 0.5) is 5.13 Å². The summed E-state index contributed by atoms with van der Waals surface area (Å²) in [6.45, 7) is 5.89. The van der Waals surface area contributed by atoms with E-state index in [1.807, 2.05) is 63.2 Å². The minimum Gasteiger partial charge on any atom is -0.340 e. The molecule has 29 heavy (non-hydrogen) atoms. The van der Waals surface area contributed by atoms with Crippen LogP contribution in [0.25, 0.3) is 10.6 Å². The van der Waals surface area contributed by atoms with Gasteiger partial charge in [-0.1, -0.05) is 79.6 Å². The average Bonchev–Trinajstić information content (AvgIpc) is 3.20. The molecule has 0 aliphatic heterocycles. The second-order valence-electron chi connectivity index (χ2n) is 6.97. The van der Waals surface area contributed by atoms with Gasteiger partial charge in [-0.05, 0) is 25.0 Å². The first-order valence-electron chi connectivity index (χ1n) is 9.55. The molecule has 0 spiro atoms. The first-order valence-corrected chi connectivity index (χ1v) is 10.4. The van der Waals surface area contributed by atoms with E-state index in [2.05, 4.69) is 20.8 Å². The molecular weight excluding hydrogens is 384 g/mol. The Morgan fingerprint density at radius 2 is 1.72 bits per heavy atom. The van der Waals surface area contributed by atoms with Crippen molar-refractivity contribution in [1.82, 2.24) is 15.5 Å². The van der Waals surface area contributed by atoms with Crippen LogP contribution in [-0.2, 0) is 4.79 Å². The number of anilines is 1. The maximum atomic E-state index is 12.9. The monoisotopic (exact) mass is 408 g/mol. The number of nitrogens with zero attached hydrogens (tertiary/aromatic N) is 2. The van der Waals surface area contributed by atoms with Crippen molar-refractivity contribution in [1.29, 1.82) is 0 Å². The second-order valence-corrected chi connectivity index (χ2v) is 7.95. The quantitative estimate of drug-likeness (QED) is 0.611. The largest absolute Gasteiger partial charge is 0.340 e. The molecule has 0 bridgehead atoms. The third kappa shape index (κ3) is 5.26. The number of carbonyl (C=O) groups is 2. The summed E-state index contributed by atoms with van der Waals surface area (Å²) in [5.41, 5.74) is 2.54. The highest BCUT2D eigenvalue weighted by Gasteiger charge is 2.27. The van der Waals surface area contributed by atoms with Crippen LogP contribution in [0.5, 0.6) is 0 Å². The Kier molecular flexibility index (Phi) is 6.72. The summed E-state index contributed by atoms with van der Waals surface area (Å²) < 4.78 is 0. The molecule has 3 aromatic rings. The van der Waals surface area contributed by atoms with E-state index in [0.717, 1.165) is 22.6 Å². The lowest BCUT2D eigenvalue weighted by Crippen LogP contribution is -2.47. The zero-order chi connectivity index (χ0) is 20.8. The molecule has 0 saturated heterocycles. The minimum atomic E-state index is -0.669. The van der Waals surface area contributed by atoms with Crippen LogP contribution in [-0.4, -0.2) is 28.1 Å². The van der Waals surface area contributed by atoms with E-state index in [-0.39, 0.29) is 17.7 Å². The Morgan fingerprint density at radius 3 is 2.38 bits per heavy atom. The SMILES string of the molecule is CCC(C)C(NC(=O)c1ccc(C)cc1)C(=O)Nc1nnc(-c2ccccc2)s1. The van der Waals surface area contributed by atoms with Crippen molar-refractivity contribution in [2.75, 3.05) is 5.32 Å². The van der Waals surface area contributed by atoms with Crippen molar-refractivity contribution in [3.05, 3.63) is 65.7 Å². The van der Waals surface area contributed by atoms with Gasteiger partial charge in [0.05, 0.1) is 0 Å². The van der Waals surface area contributed by atoms with E-state index in [1.165, 1.54) is 11.3 Å². The predicted molar refractivity (Wildman–Crippen MR) is 116 cm³/mol. The third-order valence-electron chi connectivity index (χ3n) is 4.77. The molecule has 6 nitrogen and oxygen atoms in total. The van der Waals surface area contributed by atoms with E-state index in [9.17, 15) is 9.59 Å². The maximum Gasteiger partial charge on any atom is 0.251 e. The van der Waals surface area contributed by atoms with Crippen molar-refractivity contribution in [2.24, 2.45) is 5.92 Å². The maximum absolute atomic E-state index is 12.9. The Labute approximate surface area is 174 Å². The van der Waals surface area contributed by atoms with Crippen LogP contribution in [0.2, 0.25) is 0 Å². The average molecular weight is 409 g/mol. The summed E-state index contributed by atoms with van der Waals surface area (Å²) in [5, 5.41) is 15.0. The van der Waals surface area contributed by atoms with Gasteiger partial charge in [-0.3, -0.25) is 14.9 Å². The highest BCUT2D eigenvalue weighted by molar-refractivity contribution is 7.18. The lowest BCUT2D eigenvalue weighted by atomic mass is 9.98. The first-order chi connectivity index (χ1) is 14.0. The van der Waals surface area contributed by atoms with Gasteiger partial charge in [0, 0.05) is 11.1 Å². The number of nitrogens with one attached hydrogen (secondary N) is 2. The lowest BCUT2D eigenvalue weighted by molar-refractivity contribution is -0.119. The number of hydrogen-bond acceptors (Lipinski definition) is 5. The molecule has 0 fully saturated rings. The molecule has 2 unspecified atom stereocenters. The molecule has 2 aromatic carbocycles. The Morgan fingerprint density at radius 1 is 1.03 bits per heavy atom. The van der Waals surface area contributed by atoms with Gasteiger partial charge < -0.3 is 5.32 Å². The van der Waals surface area contributed by atoms with Crippen LogP contribution in [0.3, 0.4) is 0 Å². The van der Waals surface area contributed by atoms with Gasteiger partial charge in [0.2, 0.25) is 11.0 Å². The molecule has 2 amide bonds. The van der Waals surface area contributed by atoms with Gasteiger partial charge in [0.25, 0.3) is 5.91 Å². The number of rotatable bonds is 7. The summed E-state index contributed by atoms with van der Waals surface area (Å²) in [5.74, 6) is -0.603. The smallest absolute Gasteiger partial charge is 0.251 e. The molecule has 2 N–H and O–H groups in total. The van der Waals surface area contributed by atoms with Gasteiger partial charge in [-0.25, -0.2) is 0 Å². The fourth-order valence-electron chi connectivity index (χ4n) is 2.79. The van der Waals surface area contributed by atoms with Crippen molar-refractivity contribution < 1.29 is 9.59 Å². The molecule has 0 aliphatic rings. The van der Waals surface area contributed by atoms with Crippen molar-refractivity contribution in [2.45, 2.75) is 33.2 Å². The first kappa shape index (κ1) is 20.7. The van der Waals surface area contributed by atoms with Crippen LogP contribution in [0.15, 0.2) is 54.6 Å². The van der Waals surface area contributed by atoms with E-state index in [4.69, 9.17) is 0 Å². The number of aromatic nitrogens is 2. The molecule has 1 aromatic heterocycles. The standard InChI is InChI=1S/C22H24N4O2S/c1-4-15(3)18(23-19(27)16-12-10-14(2)11-13-16)20(28)24-22-26-25-21(29-22)17-8-6-5-7-9-17/h5-13,15,18H,4H2,1-3H3,(H,23,27)(H,24,26,28). The number of carbonyl (C=O) groups excluding carboxylic acids is 2. The molecule has 150 valence electrons. The molecule has 0 aliphatic carbocycles. The lowest BCUT2D eigenvalue weighted by Gasteiger charge is -2.23. The number of benzene rings is 2. The highest BCUT2D eigenvalue weighted by atomic mass is 32.1. The molecule has 7 heteroatoms. The summed E-state index contributed by atoms with van der Waals surface area (Å²) in [4.78, 5) is 25.5. The molecule has 1 heterocycles. The summed E-state index contributed by atoms with van der Waals surface area (Å²) in [6, 6.07) is 16.3. The molecular formula is C22H24N4O2S. The summed E-state index contributed by atoms with van der Waals surface area (Å²) >= 11 is 1.30. The number of hydrogen-bond donors (Lipinski definition) is 2. The summed E-state index contributed by atoms with van der Waals surface area (Å²) in [7, 11) is 0. The van der Waals surface area contributed by atoms with Crippen molar-refractivity contribution >= 4 is 28.3 Å². The Bertz CT molecular complexity index is 970. The molecule has 0 radical (unpaired) electrons. The number of aryl methyl sites for hydroxylation is 1. The molecule has 0 saturated carbocycles. The van der Waals surface area contributed by atoms with Crippen molar-refractivity contribution in [3.63, 3.8) is 0 Å². The van der Waals surface area contributed by atoms with E-state index in [1.54, 1.807) is 12.1 Å². The molecule has 3 rings (SSSR count). The van der Waals surface area contributed by atoms with Gasteiger partial charge in [0.15, 0.2) is 0 Å². The van der Waals surface area contributed by atoms with Crippen LogP contribution in [0.1, 0.15) is 36.2 Å². The van der Waals surface area contributed by atoms with Gasteiger partial charge in [-0.15, -0.1) is 10.2 Å². The van der Waals surface area contributed by atoms with Crippen LogP contribution >= 0.6 is 11.3 Å². The normalized spacial score (nSPS) is 12.8.